The van der Waals surface area contributed by atoms with Gasteiger partial charge in [0.1, 0.15) is 5.82 Å². The average Bonchev–Trinajstić information content (AvgIpc) is 2.67. The van der Waals surface area contributed by atoms with Crippen LogP contribution in [0.25, 0.3) is 0 Å². The smallest absolute Gasteiger partial charge is 0.229 e. The molecule has 1 fully saturated rings. The van der Waals surface area contributed by atoms with Crippen LogP contribution >= 0.6 is 0 Å². The third-order valence-corrected chi connectivity index (χ3v) is 3.58. The predicted molar refractivity (Wildman–Crippen MR) is 72.3 cm³/mol. The molecule has 0 amide bonds. The zero-order valence-electron chi connectivity index (χ0n) is 10.8. The van der Waals surface area contributed by atoms with Gasteiger partial charge in [-0.25, -0.2) is 12.8 Å². The van der Waals surface area contributed by atoms with Crippen molar-refractivity contribution in [2.45, 2.75) is 25.5 Å². The average molecular weight is 288 g/mol. The van der Waals surface area contributed by atoms with E-state index in [9.17, 15) is 12.8 Å². The third-order valence-electron chi connectivity index (χ3n) is 2.99. The molecule has 1 aliphatic rings. The zero-order chi connectivity index (χ0) is 14.0. The summed E-state index contributed by atoms with van der Waals surface area (Å²) in [5.41, 5.74) is 0.606. The summed E-state index contributed by atoms with van der Waals surface area (Å²) < 4.78 is 43.4. The third kappa shape index (κ3) is 3.81. The molecule has 5 nitrogen and oxygen atoms in total. The van der Waals surface area contributed by atoms with E-state index in [1.165, 1.54) is 12.1 Å². The van der Waals surface area contributed by atoms with E-state index in [-0.39, 0.29) is 17.8 Å². The Hall–Kier alpha value is -1.34. The number of anilines is 2. The van der Waals surface area contributed by atoms with Gasteiger partial charge in [-0.2, -0.15) is 0 Å². The number of benzene rings is 1. The Morgan fingerprint density at radius 3 is 2.74 bits per heavy atom. The van der Waals surface area contributed by atoms with Crippen LogP contribution in [0.3, 0.4) is 0 Å². The van der Waals surface area contributed by atoms with Gasteiger partial charge in [-0.3, -0.25) is 4.72 Å². The molecule has 2 atom stereocenters. The second-order valence-corrected chi connectivity index (χ2v) is 6.43. The molecule has 7 heteroatoms. The fraction of sp³-hybridized carbons (Fsp3) is 0.500. The number of rotatable bonds is 4. The van der Waals surface area contributed by atoms with Crippen LogP contribution in [0.15, 0.2) is 18.2 Å². The fourth-order valence-electron chi connectivity index (χ4n) is 2.03. The van der Waals surface area contributed by atoms with E-state index >= 15 is 0 Å². The monoisotopic (exact) mass is 288 g/mol. The fourth-order valence-corrected chi connectivity index (χ4v) is 2.58. The Kier molecular flexibility index (Phi) is 3.96. The second kappa shape index (κ2) is 5.34. The van der Waals surface area contributed by atoms with Gasteiger partial charge in [0.05, 0.1) is 24.1 Å². The largest absolute Gasteiger partial charge is 0.380 e. The lowest BCUT2D eigenvalue weighted by atomic mass is 10.1. The molecule has 106 valence electrons. The van der Waals surface area contributed by atoms with Crippen molar-refractivity contribution in [2.24, 2.45) is 0 Å². The minimum Gasteiger partial charge on any atom is -0.380 e. The number of hydrogen-bond donors (Lipinski definition) is 2. The van der Waals surface area contributed by atoms with Crippen LogP contribution in [0.5, 0.6) is 0 Å². The van der Waals surface area contributed by atoms with E-state index in [0.717, 1.165) is 12.7 Å². The topological polar surface area (TPSA) is 67.4 Å². The molecule has 0 aliphatic carbocycles. The highest BCUT2D eigenvalue weighted by Gasteiger charge is 2.24. The quantitative estimate of drug-likeness (QED) is 0.886. The Morgan fingerprint density at radius 2 is 2.16 bits per heavy atom. The summed E-state index contributed by atoms with van der Waals surface area (Å²) in [6, 6.07) is 4.41. The molecule has 2 unspecified atom stereocenters. The maximum absolute atomic E-state index is 13.5. The molecule has 0 aromatic heterocycles. The molecule has 1 aromatic rings. The maximum Gasteiger partial charge on any atom is 0.229 e. The van der Waals surface area contributed by atoms with Gasteiger partial charge < -0.3 is 10.1 Å². The van der Waals surface area contributed by atoms with Gasteiger partial charge in [0.2, 0.25) is 10.0 Å². The van der Waals surface area contributed by atoms with Crippen LogP contribution in [0.1, 0.15) is 13.3 Å². The summed E-state index contributed by atoms with van der Waals surface area (Å²) in [5.74, 6) is -0.605. The molecule has 1 heterocycles. The molecule has 19 heavy (non-hydrogen) atoms. The SMILES string of the molecule is CC1OCCC1Nc1ccc(F)c(NS(C)(=O)=O)c1. The minimum absolute atomic E-state index is 0.0564. The van der Waals surface area contributed by atoms with E-state index in [1.807, 2.05) is 6.92 Å². The van der Waals surface area contributed by atoms with Crippen LogP contribution in [0, 0.1) is 5.82 Å². The maximum atomic E-state index is 13.5. The summed E-state index contributed by atoms with van der Waals surface area (Å²) in [5, 5.41) is 3.22. The van der Waals surface area contributed by atoms with E-state index in [2.05, 4.69) is 10.0 Å². The first-order valence-corrected chi connectivity index (χ1v) is 7.90. The van der Waals surface area contributed by atoms with Gasteiger partial charge in [-0.1, -0.05) is 0 Å². The Bertz CT molecular complexity index is 562. The molecule has 2 rings (SSSR count). The van der Waals surface area contributed by atoms with Crippen molar-refractivity contribution in [1.82, 2.24) is 0 Å². The summed E-state index contributed by atoms with van der Waals surface area (Å²) >= 11 is 0. The van der Waals surface area contributed by atoms with E-state index in [4.69, 9.17) is 4.74 Å². The molecule has 0 spiro atoms. The van der Waals surface area contributed by atoms with Gasteiger partial charge in [-0.15, -0.1) is 0 Å². The minimum atomic E-state index is -3.50. The first-order valence-electron chi connectivity index (χ1n) is 6.00. The normalized spacial score (nSPS) is 23.3. The second-order valence-electron chi connectivity index (χ2n) is 4.68. The Balaban J connectivity index is 2.16. The van der Waals surface area contributed by atoms with E-state index in [1.54, 1.807) is 6.07 Å². The van der Waals surface area contributed by atoms with Crippen LogP contribution < -0.4 is 10.0 Å². The van der Waals surface area contributed by atoms with Crippen molar-refractivity contribution < 1.29 is 17.5 Å². The number of nitrogens with one attached hydrogen (secondary N) is 2. The summed E-state index contributed by atoms with van der Waals surface area (Å²) in [6.45, 7) is 2.65. The molecular formula is C12H17FN2O3S. The van der Waals surface area contributed by atoms with Crippen LogP contribution in [0.4, 0.5) is 15.8 Å². The van der Waals surface area contributed by atoms with Crippen molar-refractivity contribution in [1.29, 1.82) is 0 Å². The highest BCUT2D eigenvalue weighted by Crippen LogP contribution is 2.24. The molecular weight excluding hydrogens is 271 g/mol. The first kappa shape index (κ1) is 14.1. The summed E-state index contributed by atoms with van der Waals surface area (Å²) in [7, 11) is -3.50. The summed E-state index contributed by atoms with van der Waals surface area (Å²) in [4.78, 5) is 0. The standard InChI is InChI=1S/C12H17FN2O3S/c1-8-11(5-6-18-8)14-9-3-4-10(13)12(7-9)15-19(2,16)17/h3-4,7-8,11,14-15H,5-6H2,1-2H3. The van der Waals surface area contributed by atoms with Crippen LogP contribution in [-0.4, -0.2) is 33.4 Å². The van der Waals surface area contributed by atoms with Gasteiger partial charge in [0.25, 0.3) is 0 Å². The lowest BCUT2D eigenvalue weighted by Crippen LogP contribution is -2.26. The van der Waals surface area contributed by atoms with Crippen LogP contribution in [-0.2, 0) is 14.8 Å². The number of hydrogen-bond acceptors (Lipinski definition) is 4. The van der Waals surface area contributed by atoms with E-state index < -0.39 is 15.8 Å². The van der Waals surface area contributed by atoms with Crippen molar-refractivity contribution in [3.8, 4) is 0 Å². The summed E-state index contributed by atoms with van der Waals surface area (Å²) in [6.07, 6.45) is 1.93. The lowest BCUT2D eigenvalue weighted by Gasteiger charge is -2.18. The van der Waals surface area contributed by atoms with Crippen LogP contribution in [0.2, 0.25) is 0 Å². The number of sulfonamides is 1. The molecule has 1 aliphatic heterocycles. The van der Waals surface area contributed by atoms with Crippen molar-refractivity contribution in [3.63, 3.8) is 0 Å². The van der Waals surface area contributed by atoms with E-state index in [0.29, 0.717) is 12.3 Å². The highest BCUT2D eigenvalue weighted by molar-refractivity contribution is 7.92. The molecule has 0 radical (unpaired) electrons. The number of ether oxygens (including phenoxy) is 1. The van der Waals surface area contributed by atoms with Crippen molar-refractivity contribution in [2.75, 3.05) is 22.9 Å². The van der Waals surface area contributed by atoms with Gasteiger partial charge in [0, 0.05) is 12.3 Å². The van der Waals surface area contributed by atoms with Crippen molar-refractivity contribution >= 4 is 21.4 Å². The van der Waals surface area contributed by atoms with Gasteiger partial charge >= 0.3 is 0 Å². The molecule has 1 saturated heterocycles. The zero-order valence-corrected chi connectivity index (χ0v) is 11.6. The highest BCUT2D eigenvalue weighted by atomic mass is 32.2. The predicted octanol–water partition coefficient (Wildman–Crippen LogP) is 1.79. The molecule has 2 N–H and O–H groups in total. The molecule has 0 bridgehead atoms. The molecule has 1 aromatic carbocycles. The Morgan fingerprint density at radius 1 is 1.42 bits per heavy atom. The Labute approximate surface area is 112 Å². The molecule has 0 saturated carbocycles. The van der Waals surface area contributed by atoms with Gasteiger partial charge in [0.15, 0.2) is 0 Å². The van der Waals surface area contributed by atoms with Crippen molar-refractivity contribution in [3.05, 3.63) is 24.0 Å². The van der Waals surface area contributed by atoms with Gasteiger partial charge in [-0.05, 0) is 31.5 Å². The lowest BCUT2D eigenvalue weighted by molar-refractivity contribution is 0.121. The number of halogens is 1. The first-order chi connectivity index (χ1) is 8.85.